The van der Waals surface area contributed by atoms with Gasteiger partial charge in [0.25, 0.3) is 0 Å². The molecule has 2 aliphatic carbocycles. The zero-order valence-electron chi connectivity index (χ0n) is 15.2. The van der Waals surface area contributed by atoms with E-state index in [0.29, 0.717) is 17.7 Å². The standard InChI is InChI=1S/C21H27N3OS/c25-19(22-16-10-4-5-11-16)14-26-21-17-12-6-7-13-18(17)23-20(24-21)15-8-2-1-3-9-15/h6-7,12-13,15-16H,1-5,8-11,14H2,(H,22,25). The molecule has 1 aromatic carbocycles. The minimum atomic E-state index is 0.129. The summed E-state index contributed by atoms with van der Waals surface area (Å²) in [5, 5.41) is 5.19. The number of para-hydroxylation sites is 1. The van der Waals surface area contributed by atoms with E-state index in [1.165, 1.54) is 44.9 Å². The van der Waals surface area contributed by atoms with Crippen molar-refractivity contribution in [2.24, 2.45) is 0 Å². The Labute approximate surface area is 159 Å². The highest BCUT2D eigenvalue weighted by Gasteiger charge is 2.21. The maximum atomic E-state index is 12.3. The quantitative estimate of drug-likeness (QED) is 0.606. The molecule has 0 spiro atoms. The summed E-state index contributed by atoms with van der Waals surface area (Å²) in [7, 11) is 0. The average Bonchev–Trinajstić information content (AvgIpc) is 3.19. The molecule has 0 bridgehead atoms. The number of aromatic nitrogens is 2. The van der Waals surface area contributed by atoms with Crippen LogP contribution in [-0.4, -0.2) is 27.7 Å². The van der Waals surface area contributed by atoms with Crippen molar-refractivity contribution in [2.45, 2.75) is 74.8 Å². The number of carbonyl (C=O) groups is 1. The zero-order chi connectivity index (χ0) is 17.8. The van der Waals surface area contributed by atoms with E-state index in [-0.39, 0.29) is 5.91 Å². The molecule has 1 amide bonds. The molecule has 0 aliphatic heterocycles. The van der Waals surface area contributed by atoms with Crippen molar-refractivity contribution in [3.8, 4) is 0 Å². The van der Waals surface area contributed by atoms with Crippen LogP contribution in [0, 0.1) is 0 Å². The highest BCUT2D eigenvalue weighted by molar-refractivity contribution is 8.00. The second-order valence-corrected chi connectivity index (χ2v) is 8.54. The van der Waals surface area contributed by atoms with Crippen LogP contribution in [0.4, 0.5) is 0 Å². The summed E-state index contributed by atoms with van der Waals surface area (Å²) in [6, 6.07) is 8.56. The molecule has 1 N–H and O–H groups in total. The second kappa shape index (κ2) is 8.38. The summed E-state index contributed by atoms with van der Waals surface area (Å²) in [4.78, 5) is 22.1. The first-order valence-electron chi connectivity index (χ1n) is 9.98. The Morgan fingerprint density at radius 3 is 2.54 bits per heavy atom. The number of rotatable bonds is 5. The van der Waals surface area contributed by atoms with Gasteiger partial charge < -0.3 is 5.32 Å². The van der Waals surface area contributed by atoms with Crippen molar-refractivity contribution in [1.29, 1.82) is 0 Å². The zero-order valence-corrected chi connectivity index (χ0v) is 16.1. The molecular weight excluding hydrogens is 342 g/mol. The molecule has 1 aromatic heterocycles. The number of hydrogen-bond acceptors (Lipinski definition) is 4. The van der Waals surface area contributed by atoms with Crippen molar-refractivity contribution >= 4 is 28.6 Å². The Hall–Kier alpha value is -1.62. The summed E-state index contributed by atoms with van der Waals surface area (Å²) in [5.74, 6) is 2.01. The van der Waals surface area contributed by atoms with Gasteiger partial charge in [-0.25, -0.2) is 9.97 Å². The lowest BCUT2D eigenvalue weighted by Gasteiger charge is -2.21. The summed E-state index contributed by atoms with van der Waals surface area (Å²) in [6.45, 7) is 0. The van der Waals surface area contributed by atoms with Gasteiger partial charge in [0.15, 0.2) is 0 Å². The highest BCUT2D eigenvalue weighted by Crippen LogP contribution is 2.34. The average molecular weight is 370 g/mol. The summed E-state index contributed by atoms with van der Waals surface area (Å²) in [6.07, 6.45) is 11.0. The minimum absolute atomic E-state index is 0.129. The van der Waals surface area contributed by atoms with Gasteiger partial charge >= 0.3 is 0 Å². The van der Waals surface area contributed by atoms with E-state index in [1.54, 1.807) is 11.8 Å². The van der Waals surface area contributed by atoms with Crippen LogP contribution in [0.3, 0.4) is 0 Å². The van der Waals surface area contributed by atoms with Gasteiger partial charge in [0.1, 0.15) is 10.9 Å². The molecule has 4 nitrogen and oxygen atoms in total. The van der Waals surface area contributed by atoms with Crippen molar-refractivity contribution in [3.63, 3.8) is 0 Å². The summed E-state index contributed by atoms with van der Waals surface area (Å²) < 4.78 is 0. The third-order valence-corrected chi connectivity index (χ3v) is 6.61. The van der Waals surface area contributed by atoms with E-state index < -0.39 is 0 Å². The van der Waals surface area contributed by atoms with Crippen molar-refractivity contribution in [2.75, 3.05) is 5.75 Å². The van der Waals surface area contributed by atoms with Crippen LogP contribution in [-0.2, 0) is 4.79 Å². The molecule has 26 heavy (non-hydrogen) atoms. The molecule has 0 unspecified atom stereocenters. The molecule has 2 aliphatic rings. The molecule has 0 atom stereocenters. The fourth-order valence-corrected chi connectivity index (χ4v) is 5.03. The normalized spacial score (nSPS) is 19.1. The first-order chi connectivity index (χ1) is 12.8. The van der Waals surface area contributed by atoms with Crippen molar-refractivity contribution in [1.82, 2.24) is 15.3 Å². The Balaban J connectivity index is 1.51. The number of nitrogens with one attached hydrogen (secondary N) is 1. The topological polar surface area (TPSA) is 54.9 Å². The Bertz CT molecular complexity index is 767. The Kier molecular flexibility index (Phi) is 5.73. The molecule has 138 valence electrons. The predicted octanol–water partition coefficient (Wildman–Crippen LogP) is 4.83. The van der Waals surface area contributed by atoms with Crippen molar-refractivity contribution in [3.05, 3.63) is 30.1 Å². The largest absolute Gasteiger partial charge is 0.353 e. The number of hydrogen-bond donors (Lipinski definition) is 1. The number of amides is 1. The van der Waals surface area contributed by atoms with Crippen LogP contribution in [0.2, 0.25) is 0 Å². The first kappa shape index (κ1) is 17.8. The van der Waals surface area contributed by atoms with Crippen molar-refractivity contribution < 1.29 is 4.79 Å². The maximum Gasteiger partial charge on any atom is 0.230 e. The van der Waals surface area contributed by atoms with Gasteiger partial charge in [0.2, 0.25) is 5.91 Å². The van der Waals surface area contributed by atoms with Crippen LogP contribution in [0.25, 0.3) is 10.9 Å². The minimum Gasteiger partial charge on any atom is -0.353 e. The maximum absolute atomic E-state index is 12.3. The molecule has 0 radical (unpaired) electrons. The SMILES string of the molecule is O=C(CSc1nc(C2CCCCC2)nc2ccccc12)NC1CCCC1. The Morgan fingerprint density at radius 2 is 1.73 bits per heavy atom. The van der Waals surface area contributed by atoms with Gasteiger partial charge in [-0.2, -0.15) is 0 Å². The van der Waals surface area contributed by atoms with E-state index in [9.17, 15) is 4.79 Å². The number of nitrogens with zero attached hydrogens (tertiary/aromatic N) is 2. The van der Waals surface area contributed by atoms with Gasteiger partial charge in [-0.15, -0.1) is 0 Å². The van der Waals surface area contributed by atoms with Gasteiger partial charge in [0.05, 0.1) is 11.3 Å². The lowest BCUT2D eigenvalue weighted by atomic mass is 9.88. The predicted molar refractivity (Wildman–Crippen MR) is 106 cm³/mol. The summed E-state index contributed by atoms with van der Waals surface area (Å²) >= 11 is 1.56. The van der Waals surface area contributed by atoms with Crippen LogP contribution >= 0.6 is 11.8 Å². The van der Waals surface area contributed by atoms with Gasteiger partial charge in [-0.05, 0) is 31.7 Å². The van der Waals surface area contributed by atoms with Gasteiger partial charge in [-0.1, -0.05) is 62.1 Å². The van der Waals surface area contributed by atoms with Gasteiger partial charge in [-0.3, -0.25) is 4.79 Å². The molecule has 2 saturated carbocycles. The molecule has 4 rings (SSSR count). The number of thioether (sulfide) groups is 1. The van der Waals surface area contributed by atoms with Gasteiger partial charge in [0, 0.05) is 17.3 Å². The molecule has 2 fully saturated rings. The Morgan fingerprint density at radius 1 is 1.00 bits per heavy atom. The lowest BCUT2D eigenvalue weighted by Crippen LogP contribution is -2.33. The highest BCUT2D eigenvalue weighted by atomic mass is 32.2. The monoisotopic (exact) mass is 369 g/mol. The number of fused-ring (bicyclic) bond motifs is 1. The molecule has 1 heterocycles. The van der Waals surface area contributed by atoms with E-state index in [2.05, 4.69) is 17.4 Å². The lowest BCUT2D eigenvalue weighted by molar-refractivity contribution is -0.119. The molecular formula is C21H27N3OS. The smallest absolute Gasteiger partial charge is 0.230 e. The van der Waals surface area contributed by atoms with E-state index >= 15 is 0 Å². The van der Waals surface area contributed by atoms with E-state index in [0.717, 1.165) is 34.6 Å². The van der Waals surface area contributed by atoms with E-state index in [4.69, 9.17) is 9.97 Å². The van der Waals surface area contributed by atoms with E-state index in [1.807, 2.05) is 12.1 Å². The first-order valence-corrected chi connectivity index (χ1v) is 11.0. The van der Waals surface area contributed by atoms with Crippen LogP contribution in [0.15, 0.2) is 29.3 Å². The second-order valence-electron chi connectivity index (χ2n) is 7.58. The number of carbonyl (C=O) groups excluding carboxylic acids is 1. The van der Waals surface area contributed by atoms with Crippen LogP contribution in [0.1, 0.15) is 69.5 Å². The molecule has 5 heteroatoms. The fourth-order valence-electron chi connectivity index (χ4n) is 4.19. The molecule has 2 aromatic rings. The number of benzene rings is 1. The van der Waals surface area contributed by atoms with Crippen LogP contribution < -0.4 is 5.32 Å². The third-order valence-electron chi connectivity index (χ3n) is 5.62. The third kappa shape index (κ3) is 4.20. The fraction of sp³-hybridized carbons (Fsp3) is 0.571. The molecule has 0 saturated heterocycles. The van der Waals surface area contributed by atoms with Crippen LogP contribution in [0.5, 0.6) is 0 Å². The summed E-state index contributed by atoms with van der Waals surface area (Å²) in [5.41, 5.74) is 1.00.